The smallest absolute Gasteiger partial charge is 0.338 e. The van der Waals surface area contributed by atoms with Gasteiger partial charge in [-0.2, -0.15) is 0 Å². The summed E-state index contributed by atoms with van der Waals surface area (Å²) in [6.45, 7) is 2.18. The maximum Gasteiger partial charge on any atom is 0.338 e. The summed E-state index contributed by atoms with van der Waals surface area (Å²) >= 11 is 0. The first-order chi connectivity index (χ1) is 13.7. The van der Waals surface area contributed by atoms with Crippen LogP contribution in [-0.2, 0) is 11.2 Å². The zero-order valence-corrected chi connectivity index (χ0v) is 16.1. The number of carbonyl (C=O) groups is 1. The first-order valence-corrected chi connectivity index (χ1v) is 9.44. The van der Waals surface area contributed by atoms with E-state index in [1.54, 1.807) is 7.11 Å². The Morgan fingerprint density at radius 3 is 1.89 bits per heavy atom. The van der Waals surface area contributed by atoms with Gasteiger partial charge in [-0.05, 0) is 63.9 Å². The first kappa shape index (κ1) is 18.1. The van der Waals surface area contributed by atoms with Gasteiger partial charge in [-0.25, -0.2) is 4.79 Å². The lowest BCUT2D eigenvalue weighted by atomic mass is 9.94. The molecule has 4 aromatic carbocycles. The third-order valence-electron chi connectivity index (χ3n) is 5.00. The van der Waals surface area contributed by atoms with E-state index in [1.165, 1.54) is 0 Å². The van der Waals surface area contributed by atoms with Crippen molar-refractivity contribution in [3.8, 4) is 5.75 Å². The molecule has 28 heavy (non-hydrogen) atoms. The van der Waals surface area contributed by atoms with Crippen LogP contribution in [0.2, 0.25) is 0 Å². The van der Waals surface area contributed by atoms with E-state index in [2.05, 4.69) is 36.4 Å². The number of methoxy groups -OCH3 is 1. The third-order valence-corrected chi connectivity index (χ3v) is 5.00. The molecule has 0 aromatic heterocycles. The summed E-state index contributed by atoms with van der Waals surface area (Å²) in [5.74, 6) is 0.532. The Kier molecular flexibility index (Phi) is 4.98. The van der Waals surface area contributed by atoms with E-state index in [4.69, 9.17) is 9.47 Å². The Hall–Kier alpha value is -3.33. The van der Waals surface area contributed by atoms with Crippen molar-refractivity contribution in [2.24, 2.45) is 0 Å². The number of benzene rings is 4. The van der Waals surface area contributed by atoms with E-state index in [1.807, 2.05) is 43.3 Å². The predicted octanol–water partition coefficient (Wildman–Crippen LogP) is 5.77. The highest BCUT2D eigenvalue weighted by Gasteiger charge is 2.16. The zero-order chi connectivity index (χ0) is 19.5. The Labute approximate surface area is 164 Å². The van der Waals surface area contributed by atoms with Gasteiger partial charge in [-0.1, -0.05) is 48.5 Å². The fourth-order valence-electron chi connectivity index (χ4n) is 3.63. The van der Waals surface area contributed by atoms with Crippen LogP contribution in [0.25, 0.3) is 21.5 Å². The van der Waals surface area contributed by atoms with Crippen molar-refractivity contribution in [1.29, 1.82) is 0 Å². The summed E-state index contributed by atoms with van der Waals surface area (Å²) < 4.78 is 11.0. The summed E-state index contributed by atoms with van der Waals surface area (Å²) in [7, 11) is 1.68. The lowest BCUT2D eigenvalue weighted by Crippen LogP contribution is -2.09. The minimum absolute atomic E-state index is 0.289. The van der Waals surface area contributed by atoms with Crippen molar-refractivity contribution in [1.82, 2.24) is 0 Å². The highest BCUT2D eigenvalue weighted by atomic mass is 16.5. The van der Waals surface area contributed by atoms with Crippen molar-refractivity contribution in [3.05, 3.63) is 89.5 Å². The van der Waals surface area contributed by atoms with Crippen LogP contribution < -0.4 is 4.74 Å². The van der Waals surface area contributed by atoms with Gasteiger partial charge < -0.3 is 9.47 Å². The maximum atomic E-state index is 12.6. The van der Waals surface area contributed by atoms with Crippen molar-refractivity contribution < 1.29 is 14.3 Å². The van der Waals surface area contributed by atoms with Crippen LogP contribution in [0.5, 0.6) is 5.75 Å². The summed E-state index contributed by atoms with van der Waals surface area (Å²) in [6.07, 6.45) is 0.590. The molecule has 0 spiro atoms. The molecule has 0 fully saturated rings. The summed E-state index contributed by atoms with van der Waals surface area (Å²) in [4.78, 5) is 12.6. The molecule has 0 aliphatic rings. The number of carbonyl (C=O) groups excluding carboxylic acids is 1. The molecular formula is C25H22O3. The number of ether oxygens (including phenoxy) is 2. The largest absolute Gasteiger partial charge is 0.496 e. The standard InChI is InChI=1S/C25H22O3/c1-3-28-25(26)23-15-19-10-6-4-8-17(19)12-21(23)14-22-13-18-9-5-7-11-20(18)16-24(22)27-2/h4-13,15-16H,3,14H2,1-2H3. The SMILES string of the molecule is CCOC(=O)c1cc2ccccc2cc1Cc1cc2ccccc2cc1OC. The van der Waals surface area contributed by atoms with Gasteiger partial charge in [0.15, 0.2) is 0 Å². The fraction of sp³-hybridized carbons (Fsp3) is 0.160. The van der Waals surface area contributed by atoms with E-state index < -0.39 is 0 Å². The molecule has 4 aromatic rings. The molecule has 0 saturated carbocycles. The van der Waals surface area contributed by atoms with Crippen LogP contribution >= 0.6 is 0 Å². The van der Waals surface area contributed by atoms with E-state index in [-0.39, 0.29) is 5.97 Å². The Bertz CT molecular complexity index is 1160. The van der Waals surface area contributed by atoms with Crippen LogP contribution in [0.3, 0.4) is 0 Å². The maximum absolute atomic E-state index is 12.6. The Morgan fingerprint density at radius 2 is 1.32 bits per heavy atom. The summed E-state index contributed by atoms with van der Waals surface area (Å²) in [5, 5.41) is 4.41. The molecule has 0 radical (unpaired) electrons. The van der Waals surface area contributed by atoms with E-state index >= 15 is 0 Å². The van der Waals surface area contributed by atoms with Gasteiger partial charge in [0.05, 0.1) is 19.3 Å². The minimum atomic E-state index is -0.289. The molecule has 0 aliphatic carbocycles. The van der Waals surface area contributed by atoms with Gasteiger partial charge >= 0.3 is 5.97 Å². The normalized spacial score (nSPS) is 10.9. The van der Waals surface area contributed by atoms with Gasteiger partial charge in [0.1, 0.15) is 5.75 Å². The van der Waals surface area contributed by atoms with E-state index in [0.717, 1.165) is 38.4 Å². The molecule has 4 rings (SSSR count). The zero-order valence-electron chi connectivity index (χ0n) is 16.1. The molecular weight excluding hydrogens is 348 g/mol. The molecule has 0 heterocycles. The molecule has 140 valence electrons. The highest BCUT2D eigenvalue weighted by Crippen LogP contribution is 2.30. The van der Waals surface area contributed by atoms with Gasteiger partial charge in [-0.3, -0.25) is 0 Å². The predicted molar refractivity (Wildman–Crippen MR) is 113 cm³/mol. The van der Waals surface area contributed by atoms with Crippen molar-refractivity contribution in [2.45, 2.75) is 13.3 Å². The average molecular weight is 370 g/mol. The molecule has 0 aliphatic heterocycles. The second-order valence-electron chi connectivity index (χ2n) is 6.76. The highest BCUT2D eigenvalue weighted by molar-refractivity contribution is 5.97. The molecule has 0 bridgehead atoms. The quantitative estimate of drug-likeness (QED) is 0.418. The number of fused-ring (bicyclic) bond motifs is 2. The summed E-state index contributed by atoms with van der Waals surface area (Å²) in [5.41, 5.74) is 2.59. The van der Waals surface area contributed by atoms with Crippen molar-refractivity contribution in [2.75, 3.05) is 13.7 Å². The minimum Gasteiger partial charge on any atom is -0.496 e. The molecule has 0 unspecified atom stereocenters. The van der Waals surface area contributed by atoms with Gasteiger partial charge in [-0.15, -0.1) is 0 Å². The van der Waals surface area contributed by atoms with Crippen molar-refractivity contribution in [3.63, 3.8) is 0 Å². The number of hydrogen-bond acceptors (Lipinski definition) is 3. The van der Waals surface area contributed by atoms with Gasteiger partial charge in [0.2, 0.25) is 0 Å². The lowest BCUT2D eigenvalue weighted by Gasteiger charge is -2.14. The Balaban J connectivity index is 1.85. The molecule has 0 saturated heterocycles. The van der Waals surface area contributed by atoms with Gasteiger partial charge in [0.25, 0.3) is 0 Å². The number of esters is 1. The Morgan fingerprint density at radius 1 is 0.786 bits per heavy atom. The topological polar surface area (TPSA) is 35.5 Å². The lowest BCUT2D eigenvalue weighted by molar-refractivity contribution is 0.0525. The van der Waals surface area contributed by atoms with Crippen LogP contribution in [0.4, 0.5) is 0 Å². The monoisotopic (exact) mass is 370 g/mol. The average Bonchev–Trinajstić information content (AvgIpc) is 2.73. The molecule has 0 atom stereocenters. The molecule has 0 amide bonds. The van der Waals surface area contributed by atoms with Crippen LogP contribution in [-0.4, -0.2) is 19.7 Å². The summed E-state index contributed by atoms with van der Waals surface area (Å²) in [6, 6.07) is 24.5. The fourth-order valence-corrected chi connectivity index (χ4v) is 3.63. The number of hydrogen-bond donors (Lipinski definition) is 0. The third kappa shape index (κ3) is 3.44. The molecule has 3 nitrogen and oxygen atoms in total. The second-order valence-corrected chi connectivity index (χ2v) is 6.76. The number of rotatable bonds is 5. The van der Waals surface area contributed by atoms with Crippen LogP contribution in [0.15, 0.2) is 72.8 Å². The molecule has 0 N–H and O–H groups in total. The van der Waals surface area contributed by atoms with Crippen molar-refractivity contribution >= 4 is 27.5 Å². The van der Waals surface area contributed by atoms with E-state index in [0.29, 0.717) is 18.6 Å². The van der Waals surface area contributed by atoms with Crippen LogP contribution in [0.1, 0.15) is 28.4 Å². The van der Waals surface area contributed by atoms with Gasteiger partial charge in [0, 0.05) is 6.42 Å². The second kappa shape index (κ2) is 7.73. The first-order valence-electron chi connectivity index (χ1n) is 9.44. The van der Waals surface area contributed by atoms with Crippen LogP contribution in [0, 0.1) is 0 Å². The van der Waals surface area contributed by atoms with E-state index in [9.17, 15) is 4.79 Å². The molecule has 3 heteroatoms.